The summed E-state index contributed by atoms with van der Waals surface area (Å²) in [6, 6.07) is 16.3. The summed E-state index contributed by atoms with van der Waals surface area (Å²) in [4.78, 5) is 4.83. The van der Waals surface area contributed by atoms with Crippen molar-refractivity contribution in [2.75, 3.05) is 18.5 Å². The molecular weight excluding hydrogens is 364 g/mol. The molecule has 0 saturated heterocycles. The van der Waals surface area contributed by atoms with E-state index in [-0.39, 0.29) is 6.04 Å². The number of hydrogen-bond donors (Lipinski definition) is 1. The number of aromatic nitrogens is 3. The van der Waals surface area contributed by atoms with E-state index in [2.05, 4.69) is 35.5 Å². The highest BCUT2D eigenvalue weighted by atomic mass is 16.5. The molecule has 2 heterocycles. The minimum Gasteiger partial charge on any atom is -0.490 e. The fourth-order valence-electron chi connectivity index (χ4n) is 3.51. The number of hydrogen-bond acceptors (Lipinski definition) is 5. The van der Waals surface area contributed by atoms with Gasteiger partial charge in [-0.3, -0.25) is 0 Å². The Hall–Kier alpha value is -3.28. The molecule has 2 aromatic heterocycles. The summed E-state index contributed by atoms with van der Waals surface area (Å²) in [5.41, 5.74) is 3.91. The molecule has 6 heteroatoms. The molecule has 6 nitrogen and oxygen atoms in total. The summed E-state index contributed by atoms with van der Waals surface area (Å²) >= 11 is 0. The van der Waals surface area contributed by atoms with E-state index in [0.717, 1.165) is 45.1 Å². The average molecular weight is 390 g/mol. The molecule has 0 radical (unpaired) electrons. The average Bonchev–Trinajstić information content (AvgIpc) is 3.10. The molecule has 0 fully saturated rings. The van der Waals surface area contributed by atoms with Crippen molar-refractivity contribution in [3.05, 3.63) is 59.8 Å². The first-order valence-corrected chi connectivity index (χ1v) is 10.0. The molecule has 4 aromatic rings. The van der Waals surface area contributed by atoms with Crippen LogP contribution in [0.3, 0.4) is 0 Å². The molecule has 0 amide bonds. The number of fused-ring (bicyclic) bond motifs is 3. The third kappa shape index (κ3) is 3.70. The van der Waals surface area contributed by atoms with E-state index >= 15 is 0 Å². The number of para-hydroxylation sites is 1. The van der Waals surface area contributed by atoms with Crippen molar-refractivity contribution in [3.63, 3.8) is 0 Å². The molecule has 4 rings (SSSR count). The van der Waals surface area contributed by atoms with Crippen molar-refractivity contribution >= 4 is 22.4 Å². The monoisotopic (exact) mass is 390 g/mol. The van der Waals surface area contributed by atoms with Crippen LogP contribution in [0.4, 0.5) is 5.82 Å². The molecule has 0 saturated carbocycles. The maximum absolute atomic E-state index is 5.78. The Bertz CT molecular complexity index is 1150. The Morgan fingerprint density at radius 3 is 2.55 bits per heavy atom. The third-order valence-corrected chi connectivity index (χ3v) is 4.85. The number of ether oxygens (including phenoxy) is 2. The van der Waals surface area contributed by atoms with E-state index in [9.17, 15) is 0 Å². The number of aryl methyl sites for hydroxylation is 1. The molecule has 29 heavy (non-hydrogen) atoms. The Morgan fingerprint density at radius 2 is 1.76 bits per heavy atom. The van der Waals surface area contributed by atoms with Gasteiger partial charge in [-0.2, -0.15) is 5.10 Å². The zero-order chi connectivity index (χ0) is 20.4. The summed E-state index contributed by atoms with van der Waals surface area (Å²) in [5, 5.41) is 9.18. The maximum Gasteiger partial charge on any atom is 0.161 e. The highest BCUT2D eigenvalue weighted by Gasteiger charge is 2.15. The van der Waals surface area contributed by atoms with E-state index in [0.29, 0.717) is 13.2 Å². The minimum absolute atomic E-state index is 0.0345. The predicted octanol–water partition coefficient (Wildman–Crippen LogP) is 5.16. The van der Waals surface area contributed by atoms with Crippen molar-refractivity contribution in [3.8, 4) is 11.5 Å². The topological polar surface area (TPSA) is 60.7 Å². The number of nitrogens with zero attached hydrogens (tertiary/aromatic N) is 3. The molecule has 150 valence electrons. The first-order chi connectivity index (χ1) is 14.1. The second kappa shape index (κ2) is 7.99. The third-order valence-electron chi connectivity index (χ3n) is 4.85. The first-order valence-electron chi connectivity index (χ1n) is 10.0. The van der Waals surface area contributed by atoms with Gasteiger partial charge in [0.15, 0.2) is 17.1 Å². The minimum atomic E-state index is 0.0345. The van der Waals surface area contributed by atoms with Crippen molar-refractivity contribution in [1.29, 1.82) is 0 Å². The van der Waals surface area contributed by atoms with Crippen LogP contribution >= 0.6 is 0 Å². The van der Waals surface area contributed by atoms with Gasteiger partial charge in [-0.25, -0.2) is 9.50 Å². The molecule has 0 spiro atoms. The van der Waals surface area contributed by atoms with Gasteiger partial charge in [0.05, 0.1) is 30.5 Å². The van der Waals surface area contributed by atoms with Crippen molar-refractivity contribution in [2.45, 2.75) is 33.7 Å². The fourth-order valence-corrected chi connectivity index (χ4v) is 3.51. The van der Waals surface area contributed by atoms with Crippen LogP contribution in [0.1, 0.15) is 38.1 Å². The highest BCUT2D eigenvalue weighted by molar-refractivity contribution is 5.91. The Kier molecular flexibility index (Phi) is 5.25. The lowest BCUT2D eigenvalue weighted by molar-refractivity contribution is 0.287. The molecule has 0 bridgehead atoms. The SMILES string of the molecule is CCOc1ccc([C@@H](C)Nc2nc3cc(C)nn3c3ccccc23)cc1OCC. The largest absolute Gasteiger partial charge is 0.490 e. The van der Waals surface area contributed by atoms with Gasteiger partial charge in [-0.15, -0.1) is 0 Å². The van der Waals surface area contributed by atoms with Crippen LogP contribution in [0.5, 0.6) is 11.5 Å². The standard InChI is InChI=1S/C23H26N4O2/c1-5-28-20-12-11-17(14-21(20)29-6-2)16(4)24-23-18-9-7-8-10-19(18)27-22(25-23)13-15(3)26-27/h7-14,16H,5-6H2,1-4H3,(H,24,25)/t16-/m1/s1. The molecular formula is C23H26N4O2. The van der Waals surface area contributed by atoms with Gasteiger partial charge in [0.1, 0.15) is 5.82 Å². The second-order valence-corrected chi connectivity index (χ2v) is 6.97. The quantitative estimate of drug-likeness (QED) is 0.472. The van der Waals surface area contributed by atoms with Crippen molar-refractivity contribution < 1.29 is 9.47 Å². The maximum atomic E-state index is 5.78. The summed E-state index contributed by atoms with van der Waals surface area (Å²) in [5.74, 6) is 2.37. The van der Waals surface area contributed by atoms with E-state index in [1.54, 1.807) is 0 Å². The van der Waals surface area contributed by atoms with E-state index < -0.39 is 0 Å². The lowest BCUT2D eigenvalue weighted by Gasteiger charge is -2.19. The summed E-state index contributed by atoms with van der Waals surface area (Å²) in [6.45, 7) is 9.24. The van der Waals surface area contributed by atoms with E-state index in [4.69, 9.17) is 14.5 Å². The van der Waals surface area contributed by atoms with Gasteiger partial charge >= 0.3 is 0 Å². The molecule has 1 atom stereocenters. The molecule has 2 aromatic carbocycles. The van der Waals surface area contributed by atoms with Gasteiger partial charge in [0.25, 0.3) is 0 Å². The van der Waals surface area contributed by atoms with Gasteiger partial charge in [0.2, 0.25) is 0 Å². The number of nitrogens with one attached hydrogen (secondary N) is 1. The molecule has 1 N–H and O–H groups in total. The molecule has 0 unspecified atom stereocenters. The van der Waals surface area contributed by atoms with Crippen LogP contribution in [-0.4, -0.2) is 27.8 Å². The van der Waals surface area contributed by atoms with Crippen LogP contribution in [0.15, 0.2) is 48.5 Å². The number of rotatable bonds is 7. The van der Waals surface area contributed by atoms with Gasteiger partial charge in [0, 0.05) is 11.5 Å². The molecule has 0 aliphatic carbocycles. The number of anilines is 1. The summed E-state index contributed by atoms with van der Waals surface area (Å²) in [7, 11) is 0. The zero-order valence-electron chi connectivity index (χ0n) is 17.3. The van der Waals surface area contributed by atoms with Crippen molar-refractivity contribution in [2.24, 2.45) is 0 Å². The van der Waals surface area contributed by atoms with Crippen molar-refractivity contribution in [1.82, 2.24) is 14.6 Å². The van der Waals surface area contributed by atoms with Crippen LogP contribution in [0, 0.1) is 6.92 Å². The summed E-state index contributed by atoms with van der Waals surface area (Å²) in [6.07, 6.45) is 0. The van der Waals surface area contributed by atoms with Gasteiger partial charge < -0.3 is 14.8 Å². The Morgan fingerprint density at radius 1 is 1.00 bits per heavy atom. The fraction of sp³-hybridized carbons (Fsp3) is 0.304. The number of benzene rings is 2. The lowest BCUT2D eigenvalue weighted by Crippen LogP contribution is -2.10. The smallest absolute Gasteiger partial charge is 0.161 e. The normalized spacial score (nSPS) is 12.3. The first kappa shape index (κ1) is 19.1. The van der Waals surface area contributed by atoms with Crippen LogP contribution in [0.2, 0.25) is 0 Å². The van der Waals surface area contributed by atoms with Crippen LogP contribution in [0.25, 0.3) is 16.6 Å². The lowest BCUT2D eigenvalue weighted by atomic mass is 10.1. The Balaban J connectivity index is 1.71. The second-order valence-electron chi connectivity index (χ2n) is 6.97. The van der Waals surface area contributed by atoms with Gasteiger partial charge in [-0.1, -0.05) is 18.2 Å². The van der Waals surface area contributed by atoms with Crippen LogP contribution < -0.4 is 14.8 Å². The van der Waals surface area contributed by atoms with Gasteiger partial charge in [-0.05, 0) is 57.5 Å². The zero-order valence-corrected chi connectivity index (χ0v) is 17.3. The summed E-state index contributed by atoms with van der Waals surface area (Å²) < 4.78 is 13.4. The highest BCUT2D eigenvalue weighted by Crippen LogP contribution is 2.33. The predicted molar refractivity (Wildman–Crippen MR) is 116 cm³/mol. The Labute approximate surface area is 170 Å². The molecule has 0 aliphatic heterocycles. The van der Waals surface area contributed by atoms with E-state index in [1.807, 2.05) is 55.6 Å². The molecule has 0 aliphatic rings. The van der Waals surface area contributed by atoms with Crippen LogP contribution in [-0.2, 0) is 0 Å². The van der Waals surface area contributed by atoms with E-state index in [1.165, 1.54) is 0 Å².